The van der Waals surface area contributed by atoms with Crippen molar-refractivity contribution in [1.29, 1.82) is 0 Å². The number of methoxy groups -OCH3 is 3. The maximum absolute atomic E-state index is 12.8. The Morgan fingerprint density at radius 2 is 1.77 bits per heavy atom. The molecule has 7 nitrogen and oxygen atoms in total. The largest absolute Gasteiger partial charge is 0.392 e. The Balaban J connectivity index is 1.68. The molecule has 7 bridgehead atoms. The van der Waals surface area contributed by atoms with Gasteiger partial charge in [0.05, 0.1) is 30.0 Å². The maximum atomic E-state index is 12.8. The van der Waals surface area contributed by atoms with Crippen LogP contribution in [0.4, 0.5) is 0 Å². The van der Waals surface area contributed by atoms with Crippen molar-refractivity contribution in [3.63, 3.8) is 0 Å². The molecule has 3 N–H and O–H groups in total. The smallest absolute Gasteiger partial charge is 0.111 e. The molecule has 0 amide bonds. The quantitative estimate of drug-likeness (QED) is 0.603. The third-order valence-electron chi connectivity index (χ3n) is 11.0. The summed E-state index contributed by atoms with van der Waals surface area (Å²) in [4.78, 5) is 2.40. The first-order valence-electron chi connectivity index (χ1n) is 11.8. The SMILES string of the molecule is CCN1C[C@@H]2CC[C@H](OC)[C@@]34[C@@H]2C[C@](O)([C@@H]13)[C@@]1(OC)C[C@H](OC)[C@H]2C[C@]4(O)[C@@H]1[C@H]2O. The Morgan fingerprint density at radius 1 is 1.00 bits per heavy atom. The molecule has 1 saturated heterocycles. The molecule has 1 spiro atoms. The van der Waals surface area contributed by atoms with Crippen LogP contribution in [0, 0.1) is 29.1 Å². The second kappa shape index (κ2) is 5.99. The van der Waals surface area contributed by atoms with Crippen molar-refractivity contribution >= 4 is 0 Å². The summed E-state index contributed by atoms with van der Waals surface area (Å²) in [5.74, 6) is -0.0958. The molecule has 6 rings (SSSR count). The first-order valence-corrected chi connectivity index (χ1v) is 11.8. The molecule has 6 fully saturated rings. The lowest BCUT2D eigenvalue weighted by molar-refractivity contribution is -0.352. The van der Waals surface area contributed by atoms with Crippen LogP contribution in [0.3, 0.4) is 0 Å². The number of aliphatic hydroxyl groups is 3. The number of fused-ring (bicyclic) bond motifs is 2. The predicted octanol–water partition coefficient (Wildman–Crippen LogP) is 0.399. The number of ether oxygens (including phenoxy) is 3. The molecule has 0 aromatic carbocycles. The van der Waals surface area contributed by atoms with E-state index in [1.165, 1.54) is 0 Å². The van der Waals surface area contributed by atoms with Crippen LogP contribution in [0.25, 0.3) is 0 Å². The molecule has 12 atom stereocenters. The van der Waals surface area contributed by atoms with E-state index in [0.717, 1.165) is 25.9 Å². The van der Waals surface area contributed by atoms with E-state index in [9.17, 15) is 15.3 Å². The van der Waals surface area contributed by atoms with Crippen LogP contribution in [-0.2, 0) is 14.2 Å². The van der Waals surface area contributed by atoms with Crippen LogP contribution in [0.15, 0.2) is 0 Å². The molecule has 170 valence electrons. The van der Waals surface area contributed by atoms with Gasteiger partial charge >= 0.3 is 0 Å². The molecular weight excluding hydrogens is 386 g/mol. The van der Waals surface area contributed by atoms with E-state index in [1.807, 2.05) is 0 Å². The molecule has 1 aliphatic heterocycles. The van der Waals surface area contributed by atoms with Gasteiger partial charge in [0.25, 0.3) is 0 Å². The summed E-state index contributed by atoms with van der Waals surface area (Å²) in [5, 5.41) is 37.0. The fourth-order valence-electron chi connectivity index (χ4n) is 10.3. The third-order valence-corrected chi connectivity index (χ3v) is 11.0. The van der Waals surface area contributed by atoms with Gasteiger partial charge in [0.2, 0.25) is 0 Å². The molecule has 6 aliphatic rings. The summed E-state index contributed by atoms with van der Waals surface area (Å²) in [7, 11) is 5.06. The van der Waals surface area contributed by atoms with Crippen molar-refractivity contribution < 1.29 is 29.5 Å². The standard InChI is InChI=1S/C23H37NO6/c1-5-24-11-12-6-7-16(29-3)23-14(12)9-21(27,19(23)24)22(30-4)10-15(28-2)13-8-20(23,26)18(22)17(13)25/h12-19,25-27H,5-11H2,1-4H3/t12-,13+,14+,15-,16-,17-,18-,19+,20-,21-,22+,23-/m0/s1. The number of likely N-dealkylation sites (N-methyl/N-ethyl adjacent to an activating group) is 1. The lowest BCUT2D eigenvalue weighted by Crippen LogP contribution is -2.85. The Kier molecular flexibility index (Phi) is 4.06. The van der Waals surface area contributed by atoms with Gasteiger partial charge < -0.3 is 29.5 Å². The number of likely N-dealkylation sites (tertiary alicyclic amines) is 1. The monoisotopic (exact) mass is 423 g/mol. The topological polar surface area (TPSA) is 91.6 Å². The van der Waals surface area contributed by atoms with Gasteiger partial charge in [-0.05, 0) is 44.1 Å². The minimum atomic E-state index is -1.16. The molecule has 0 aromatic rings. The zero-order valence-electron chi connectivity index (χ0n) is 18.6. The van der Waals surface area contributed by atoms with E-state index in [1.54, 1.807) is 21.3 Å². The third kappa shape index (κ3) is 1.74. The van der Waals surface area contributed by atoms with Gasteiger partial charge in [0.1, 0.15) is 11.2 Å². The summed E-state index contributed by atoms with van der Waals surface area (Å²) < 4.78 is 18.3. The second-order valence-corrected chi connectivity index (χ2v) is 11.1. The fourth-order valence-corrected chi connectivity index (χ4v) is 10.3. The van der Waals surface area contributed by atoms with Crippen molar-refractivity contribution in [2.24, 2.45) is 29.1 Å². The second-order valence-electron chi connectivity index (χ2n) is 11.1. The molecule has 5 saturated carbocycles. The maximum Gasteiger partial charge on any atom is 0.111 e. The molecule has 30 heavy (non-hydrogen) atoms. The van der Waals surface area contributed by atoms with Crippen LogP contribution in [-0.4, -0.2) is 95.8 Å². The Morgan fingerprint density at radius 3 is 2.40 bits per heavy atom. The van der Waals surface area contributed by atoms with Gasteiger partial charge in [0, 0.05) is 51.5 Å². The average Bonchev–Trinajstić information content (AvgIpc) is 3.05. The number of hydrogen-bond donors (Lipinski definition) is 3. The van der Waals surface area contributed by atoms with E-state index in [4.69, 9.17) is 14.2 Å². The van der Waals surface area contributed by atoms with E-state index in [2.05, 4.69) is 11.8 Å². The molecule has 0 unspecified atom stereocenters. The normalized spacial score (nSPS) is 63.3. The van der Waals surface area contributed by atoms with Crippen LogP contribution >= 0.6 is 0 Å². The summed E-state index contributed by atoms with van der Waals surface area (Å²) in [5.41, 5.74) is -3.96. The Bertz CT molecular complexity index is 751. The highest BCUT2D eigenvalue weighted by Crippen LogP contribution is 2.80. The van der Waals surface area contributed by atoms with Crippen molar-refractivity contribution in [3.8, 4) is 0 Å². The number of rotatable bonds is 4. The Labute approximate surface area is 178 Å². The number of nitrogens with zero attached hydrogens (tertiary/aromatic N) is 1. The van der Waals surface area contributed by atoms with E-state index in [-0.39, 0.29) is 30.1 Å². The van der Waals surface area contributed by atoms with Gasteiger partial charge in [0.15, 0.2) is 0 Å². The number of hydrogen-bond acceptors (Lipinski definition) is 7. The number of aliphatic hydroxyl groups excluding tert-OH is 1. The highest BCUT2D eigenvalue weighted by molar-refractivity contribution is 5.42. The first-order chi connectivity index (χ1) is 14.3. The lowest BCUT2D eigenvalue weighted by atomic mass is 9.43. The summed E-state index contributed by atoms with van der Waals surface area (Å²) >= 11 is 0. The summed E-state index contributed by atoms with van der Waals surface area (Å²) in [6.45, 7) is 3.91. The highest BCUT2D eigenvalue weighted by atomic mass is 16.5. The van der Waals surface area contributed by atoms with Gasteiger partial charge in [-0.25, -0.2) is 0 Å². The van der Waals surface area contributed by atoms with Crippen LogP contribution < -0.4 is 0 Å². The fraction of sp³-hybridized carbons (Fsp3) is 1.00. The van der Waals surface area contributed by atoms with Crippen molar-refractivity contribution in [3.05, 3.63) is 0 Å². The molecule has 0 radical (unpaired) electrons. The van der Waals surface area contributed by atoms with Gasteiger partial charge in [-0.2, -0.15) is 0 Å². The zero-order valence-corrected chi connectivity index (χ0v) is 18.6. The van der Waals surface area contributed by atoms with Gasteiger partial charge in [-0.1, -0.05) is 6.92 Å². The Hall–Kier alpha value is -0.280. The van der Waals surface area contributed by atoms with Crippen LogP contribution in [0.5, 0.6) is 0 Å². The molecule has 1 heterocycles. The van der Waals surface area contributed by atoms with E-state index < -0.39 is 34.2 Å². The van der Waals surface area contributed by atoms with Crippen molar-refractivity contribution in [2.45, 2.75) is 80.2 Å². The predicted molar refractivity (Wildman–Crippen MR) is 108 cm³/mol. The zero-order chi connectivity index (χ0) is 21.3. The average molecular weight is 424 g/mol. The van der Waals surface area contributed by atoms with Crippen LogP contribution in [0.2, 0.25) is 0 Å². The molecular formula is C23H37NO6. The molecule has 7 heteroatoms. The minimum Gasteiger partial charge on any atom is -0.392 e. The number of piperidine rings is 1. The minimum absolute atomic E-state index is 0.139. The summed E-state index contributed by atoms with van der Waals surface area (Å²) in [6.07, 6.45) is 2.38. The molecule has 5 aliphatic carbocycles. The van der Waals surface area contributed by atoms with Crippen LogP contribution in [0.1, 0.15) is 39.0 Å². The van der Waals surface area contributed by atoms with Gasteiger partial charge in [-0.3, -0.25) is 4.90 Å². The summed E-state index contributed by atoms with van der Waals surface area (Å²) in [6, 6.07) is -0.246. The van der Waals surface area contributed by atoms with E-state index in [0.29, 0.717) is 25.2 Å². The van der Waals surface area contributed by atoms with E-state index >= 15 is 0 Å². The lowest BCUT2D eigenvalue weighted by Gasteiger charge is -2.71. The van der Waals surface area contributed by atoms with Crippen molar-refractivity contribution in [1.82, 2.24) is 4.90 Å². The van der Waals surface area contributed by atoms with Crippen molar-refractivity contribution in [2.75, 3.05) is 34.4 Å². The molecule has 0 aromatic heterocycles. The van der Waals surface area contributed by atoms with Gasteiger partial charge in [-0.15, -0.1) is 0 Å². The first kappa shape index (κ1) is 20.3. The highest BCUT2D eigenvalue weighted by Gasteiger charge is 2.91.